The van der Waals surface area contributed by atoms with Gasteiger partial charge in [-0.2, -0.15) is 0 Å². The Balaban J connectivity index is 2.16. The molecule has 100 valence electrons. The van der Waals surface area contributed by atoms with Crippen molar-refractivity contribution in [3.63, 3.8) is 0 Å². The maximum Gasteiger partial charge on any atom is 0.267 e. The maximum atomic E-state index is 12.4. The van der Waals surface area contributed by atoms with Crippen LogP contribution in [0.4, 0.5) is 10.9 Å². The number of nitrogens with two attached hydrogens (primary N) is 1. The maximum absolute atomic E-state index is 12.4. The van der Waals surface area contributed by atoms with Gasteiger partial charge in [0.05, 0.1) is 0 Å². The molecule has 2 heterocycles. The van der Waals surface area contributed by atoms with Gasteiger partial charge in [0, 0.05) is 33.7 Å². The van der Waals surface area contributed by atoms with Crippen LogP contribution >= 0.6 is 11.3 Å². The van der Waals surface area contributed by atoms with Gasteiger partial charge in [0.25, 0.3) is 5.91 Å². The minimum absolute atomic E-state index is 0.00167. The summed E-state index contributed by atoms with van der Waals surface area (Å²) in [6.45, 7) is 3.31. The number of carbonyl (C=O) groups excluding carboxylic acids is 1. The molecule has 0 atom stereocenters. The topological polar surface area (TPSA) is 74.5 Å². The van der Waals surface area contributed by atoms with Gasteiger partial charge in [-0.05, 0) is 13.0 Å². The Bertz CT molecular complexity index is 423. The van der Waals surface area contributed by atoms with Gasteiger partial charge in [0.2, 0.25) is 0 Å². The molecule has 1 aromatic heterocycles. The first-order valence-corrected chi connectivity index (χ1v) is 6.85. The third kappa shape index (κ3) is 2.73. The van der Waals surface area contributed by atoms with Crippen molar-refractivity contribution in [1.82, 2.24) is 15.2 Å². The van der Waals surface area contributed by atoms with Crippen molar-refractivity contribution in [2.45, 2.75) is 6.42 Å². The number of hydrogen-bond donors (Lipinski definition) is 2. The van der Waals surface area contributed by atoms with Crippen molar-refractivity contribution >= 4 is 28.2 Å². The number of aromatic nitrogens is 1. The van der Waals surface area contributed by atoms with Gasteiger partial charge in [-0.15, -0.1) is 0 Å². The molecule has 7 heteroatoms. The lowest BCUT2D eigenvalue weighted by Crippen LogP contribution is -2.34. The number of hydrogen-bond acceptors (Lipinski definition) is 6. The Labute approximate surface area is 111 Å². The van der Waals surface area contributed by atoms with Crippen molar-refractivity contribution < 1.29 is 4.79 Å². The van der Waals surface area contributed by atoms with Gasteiger partial charge in [0.15, 0.2) is 5.13 Å². The van der Waals surface area contributed by atoms with Crippen LogP contribution in [0, 0.1) is 0 Å². The van der Waals surface area contributed by atoms with Gasteiger partial charge in [-0.1, -0.05) is 11.3 Å². The van der Waals surface area contributed by atoms with E-state index in [9.17, 15) is 4.79 Å². The van der Waals surface area contributed by atoms with Crippen molar-refractivity contribution in [3.05, 3.63) is 4.88 Å². The Hall–Kier alpha value is -1.34. The molecule has 1 aromatic rings. The molecule has 18 heavy (non-hydrogen) atoms. The number of thiazole rings is 1. The third-order valence-electron chi connectivity index (χ3n) is 2.85. The van der Waals surface area contributed by atoms with Crippen LogP contribution in [0.5, 0.6) is 0 Å². The van der Waals surface area contributed by atoms with E-state index in [4.69, 9.17) is 5.73 Å². The molecule has 0 bridgehead atoms. The first-order valence-electron chi connectivity index (χ1n) is 6.03. The van der Waals surface area contributed by atoms with E-state index in [-0.39, 0.29) is 5.91 Å². The first-order chi connectivity index (χ1) is 8.59. The number of nitrogens with zero attached hydrogens (tertiary/aromatic N) is 3. The molecule has 0 spiro atoms. The third-order valence-corrected chi connectivity index (χ3v) is 4.07. The van der Waals surface area contributed by atoms with Crippen molar-refractivity contribution in [2.75, 3.05) is 50.9 Å². The molecule has 1 amide bonds. The SMILES string of the molecule is CN(C)c1nc(N)c(C(=O)N2CCCNCC2)s1. The standard InChI is InChI=1S/C11H19N5OS/c1-15(2)11-14-9(12)8(18-11)10(17)16-6-3-4-13-5-7-16/h13H,3-7,12H2,1-2H3. The van der Waals surface area contributed by atoms with E-state index in [1.54, 1.807) is 0 Å². The van der Waals surface area contributed by atoms with Crippen molar-refractivity contribution in [3.8, 4) is 0 Å². The molecule has 3 N–H and O–H groups in total. The second-order valence-corrected chi connectivity index (χ2v) is 5.48. The summed E-state index contributed by atoms with van der Waals surface area (Å²) >= 11 is 1.35. The van der Waals surface area contributed by atoms with Gasteiger partial charge in [0.1, 0.15) is 10.7 Å². The lowest BCUT2D eigenvalue weighted by molar-refractivity contribution is 0.0772. The summed E-state index contributed by atoms with van der Waals surface area (Å²) in [6, 6.07) is 0. The highest BCUT2D eigenvalue weighted by Gasteiger charge is 2.23. The number of amides is 1. The molecule has 1 aliphatic rings. The quantitative estimate of drug-likeness (QED) is 0.804. The van der Waals surface area contributed by atoms with E-state index >= 15 is 0 Å². The summed E-state index contributed by atoms with van der Waals surface area (Å²) in [6.07, 6.45) is 0.977. The number of rotatable bonds is 2. The number of nitrogens with one attached hydrogen (secondary N) is 1. The monoisotopic (exact) mass is 269 g/mol. The summed E-state index contributed by atoms with van der Waals surface area (Å²) in [5.41, 5.74) is 5.84. The van der Waals surface area contributed by atoms with E-state index in [1.165, 1.54) is 11.3 Å². The van der Waals surface area contributed by atoms with E-state index in [0.29, 0.717) is 10.7 Å². The van der Waals surface area contributed by atoms with Crippen LogP contribution in [0.25, 0.3) is 0 Å². The van der Waals surface area contributed by atoms with Gasteiger partial charge in [-0.3, -0.25) is 4.79 Å². The minimum atomic E-state index is 0.00167. The van der Waals surface area contributed by atoms with Crippen LogP contribution in [-0.4, -0.2) is 56.1 Å². The highest BCUT2D eigenvalue weighted by molar-refractivity contribution is 7.18. The van der Waals surface area contributed by atoms with Crippen LogP contribution < -0.4 is 16.0 Å². The normalized spacial score (nSPS) is 16.4. The number of nitrogen functional groups attached to an aromatic ring is 1. The lowest BCUT2D eigenvalue weighted by atomic mass is 10.3. The molecule has 0 aromatic carbocycles. The molecular formula is C11H19N5OS. The summed E-state index contributed by atoms with van der Waals surface area (Å²) in [4.78, 5) is 20.9. The molecular weight excluding hydrogens is 250 g/mol. The van der Waals surface area contributed by atoms with Crippen LogP contribution in [0.15, 0.2) is 0 Å². The van der Waals surface area contributed by atoms with Gasteiger partial charge >= 0.3 is 0 Å². The van der Waals surface area contributed by atoms with E-state index < -0.39 is 0 Å². The Morgan fingerprint density at radius 1 is 1.44 bits per heavy atom. The Morgan fingerprint density at radius 3 is 2.89 bits per heavy atom. The summed E-state index contributed by atoms with van der Waals surface area (Å²) in [5.74, 6) is 0.340. The minimum Gasteiger partial charge on any atom is -0.382 e. The zero-order chi connectivity index (χ0) is 13.1. The van der Waals surface area contributed by atoms with Crippen LogP contribution in [0.2, 0.25) is 0 Å². The molecule has 1 aliphatic heterocycles. The number of anilines is 2. The summed E-state index contributed by atoms with van der Waals surface area (Å²) in [7, 11) is 3.78. The lowest BCUT2D eigenvalue weighted by Gasteiger charge is -2.18. The molecule has 0 unspecified atom stereocenters. The smallest absolute Gasteiger partial charge is 0.267 e. The second kappa shape index (κ2) is 5.53. The van der Waals surface area contributed by atoms with E-state index in [0.717, 1.165) is 37.7 Å². The predicted molar refractivity (Wildman–Crippen MR) is 74.2 cm³/mol. The van der Waals surface area contributed by atoms with Crippen LogP contribution in [-0.2, 0) is 0 Å². The zero-order valence-corrected chi connectivity index (χ0v) is 11.6. The van der Waals surface area contributed by atoms with E-state index in [1.807, 2.05) is 23.9 Å². The Morgan fingerprint density at radius 2 is 2.22 bits per heavy atom. The molecule has 1 fully saturated rings. The average molecular weight is 269 g/mol. The fraction of sp³-hybridized carbons (Fsp3) is 0.636. The summed E-state index contributed by atoms with van der Waals surface area (Å²) in [5, 5.41) is 4.04. The van der Waals surface area contributed by atoms with Gasteiger partial charge in [-0.25, -0.2) is 4.98 Å². The zero-order valence-electron chi connectivity index (χ0n) is 10.8. The average Bonchev–Trinajstić information content (AvgIpc) is 2.57. The fourth-order valence-corrected chi connectivity index (χ4v) is 2.73. The van der Waals surface area contributed by atoms with Crippen molar-refractivity contribution in [2.24, 2.45) is 0 Å². The first kappa shape index (κ1) is 13.1. The molecule has 0 saturated carbocycles. The second-order valence-electron chi connectivity index (χ2n) is 4.50. The molecule has 1 saturated heterocycles. The van der Waals surface area contributed by atoms with Gasteiger partial charge < -0.3 is 20.9 Å². The highest BCUT2D eigenvalue weighted by Crippen LogP contribution is 2.28. The molecule has 6 nitrogen and oxygen atoms in total. The largest absolute Gasteiger partial charge is 0.382 e. The molecule has 2 rings (SSSR count). The molecule has 0 aliphatic carbocycles. The molecule has 0 radical (unpaired) electrons. The Kier molecular flexibility index (Phi) is 4.03. The predicted octanol–water partition coefficient (Wildman–Crippen LogP) is 0.227. The van der Waals surface area contributed by atoms with Crippen LogP contribution in [0.3, 0.4) is 0 Å². The fourth-order valence-electron chi connectivity index (χ4n) is 1.86. The highest BCUT2D eigenvalue weighted by atomic mass is 32.1. The van der Waals surface area contributed by atoms with Crippen molar-refractivity contribution in [1.29, 1.82) is 0 Å². The van der Waals surface area contributed by atoms with E-state index in [2.05, 4.69) is 10.3 Å². The summed E-state index contributed by atoms with van der Waals surface area (Å²) < 4.78 is 0. The number of carbonyl (C=O) groups is 1. The van der Waals surface area contributed by atoms with Crippen LogP contribution in [0.1, 0.15) is 16.1 Å².